The Morgan fingerprint density at radius 3 is 2.10 bits per heavy atom. The minimum atomic E-state index is -0.664. The molecule has 0 unspecified atom stereocenters. The Balaban J connectivity index is 2.46. The maximum absolute atomic E-state index is 12.0. The van der Waals surface area contributed by atoms with Gasteiger partial charge >= 0.3 is 6.03 Å². The van der Waals surface area contributed by atoms with E-state index in [1.165, 1.54) is 32.3 Å². The first-order chi connectivity index (χ1) is 9.32. The van der Waals surface area contributed by atoms with Crippen LogP contribution in [-0.2, 0) is 9.59 Å². The van der Waals surface area contributed by atoms with Gasteiger partial charge in [0.25, 0.3) is 11.8 Å². The van der Waals surface area contributed by atoms with Crippen LogP contribution in [0.5, 0.6) is 5.75 Å². The molecule has 0 aromatic heterocycles. The zero-order valence-electron chi connectivity index (χ0n) is 11.3. The van der Waals surface area contributed by atoms with Crippen molar-refractivity contribution in [1.29, 1.82) is 0 Å². The van der Waals surface area contributed by atoms with Crippen LogP contribution in [0.25, 0.3) is 6.08 Å². The number of imide groups is 2. The van der Waals surface area contributed by atoms with Gasteiger partial charge in [-0.05, 0) is 18.6 Å². The normalized spacial score (nSPS) is 15.9. The molecule has 0 spiro atoms. The SMILES string of the molecule is Cc1cc(C=C2C(=O)N(C)C(=O)N(C)C2=O)ccc1[O-]. The van der Waals surface area contributed by atoms with Gasteiger partial charge in [-0.3, -0.25) is 19.4 Å². The summed E-state index contributed by atoms with van der Waals surface area (Å²) < 4.78 is 0. The number of barbiturate groups is 1. The van der Waals surface area contributed by atoms with Crippen LogP contribution in [-0.4, -0.2) is 41.7 Å². The largest absolute Gasteiger partial charge is 0.872 e. The monoisotopic (exact) mass is 273 g/mol. The van der Waals surface area contributed by atoms with Gasteiger partial charge in [0.1, 0.15) is 5.57 Å². The third kappa shape index (κ3) is 2.16. The molecule has 1 aromatic carbocycles. The Hall–Kier alpha value is -2.63. The Morgan fingerprint density at radius 2 is 1.60 bits per heavy atom. The highest BCUT2D eigenvalue weighted by Gasteiger charge is 2.37. The minimum absolute atomic E-state index is 0.104. The molecule has 0 saturated carbocycles. The van der Waals surface area contributed by atoms with E-state index in [4.69, 9.17) is 0 Å². The maximum Gasteiger partial charge on any atom is 0.333 e. The van der Waals surface area contributed by atoms with Gasteiger partial charge in [-0.25, -0.2) is 4.79 Å². The van der Waals surface area contributed by atoms with Gasteiger partial charge in [0.2, 0.25) is 0 Å². The summed E-state index contributed by atoms with van der Waals surface area (Å²) in [6.07, 6.45) is 1.39. The van der Waals surface area contributed by atoms with Gasteiger partial charge < -0.3 is 5.11 Å². The lowest BCUT2D eigenvalue weighted by molar-refractivity contribution is -0.269. The molecule has 0 aliphatic carbocycles. The van der Waals surface area contributed by atoms with Gasteiger partial charge in [-0.15, -0.1) is 5.75 Å². The second-order valence-electron chi connectivity index (χ2n) is 4.59. The number of carbonyl (C=O) groups is 3. The van der Waals surface area contributed by atoms with Crippen LogP contribution in [0.15, 0.2) is 23.8 Å². The third-order valence-electron chi connectivity index (χ3n) is 3.15. The molecule has 1 aromatic rings. The van der Waals surface area contributed by atoms with E-state index in [1.807, 2.05) is 0 Å². The first kappa shape index (κ1) is 13.8. The van der Waals surface area contributed by atoms with E-state index in [0.29, 0.717) is 11.1 Å². The standard InChI is InChI=1S/C14H14N2O4/c1-8-6-9(4-5-11(8)17)7-10-12(18)15(2)14(20)16(3)13(10)19/h4-7,17H,1-3H3/p-1. The van der Waals surface area contributed by atoms with E-state index in [1.54, 1.807) is 13.0 Å². The van der Waals surface area contributed by atoms with Crippen molar-refractivity contribution in [3.63, 3.8) is 0 Å². The maximum atomic E-state index is 12.0. The summed E-state index contributed by atoms with van der Waals surface area (Å²) in [4.78, 5) is 37.3. The lowest BCUT2D eigenvalue weighted by Gasteiger charge is -2.28. The van der Waals surface area contributed by atoms with E-state index >= 15 is 0 Å². The predicted octanol–water partition coefficient (Wildman–Crippen LogP) is 0.502. The number of rotatable bonds is 1. The number of carbonyl (C=O) groups excluding carboxylic acids is 3. The molecule has 2 rings (SSSR count). The zero-order valence-corrected chi connectivity index (χ0v) is 11.3. The smallest absolute Gasteiger partial charge is 0.333 e. The summed E-state index contributed by atoms with van der Waals surface area (Å²) in [5.74, 6) is -1.42. The molecule has 1 aliphatic heterocycles. The van der Waals surface area contributed by atoms with Gasteiger partial charge in [0.15, 0.2) is 0 Å². The number of benzene rings is 1. The fraction of sp³-hybridized carbons (Fsp3) is 0.214. The number of aryl methyl sites for hydroxylation is 1. The quantitative estimate of drug-likeness (QED) is 0.551. The Kier molecular flexibility index (Phi) is 3.31. The first-order valence-electron chi connectivity index (χ1n) is 5.92. The van der Waals surface area contributed by atoms with Gasteiger partial charge in [-0.2, -0.15) is 0 Å². The molecule has 0 bridgehead atoms. The van der Waals surface area contributed by atoms with Crippen molar-refractivity contribution in [2.24, 2.45) is 0 Å². The molecule has 6 nitrogen and oxygen atoms in total. The molecule has 104 valence electrons. The highest BCUT2D eigenvalue weighted by molar-refractivity contribution is 6.30. The van der Waals surface area contributed by atoms with Crippen LogP contribution in [0.1, 0.15) is 11.1 Å². The van der Waals surface area contributed by atoms with Gasteiger partial charge in [0.05, 0.1) is 0 Å². The summed E-state index contributed by atoms with van der Waals surface area (Å²) >= 11 is 0. The summed E-state index contributed by atoms with van der Waals surface area (Å²) in [6, 6.07) is 3.83. The molecule has 1 fully saturated rings. The molecule has 1 aliphatic rings. The molecule has 20 heavy (non-hydrogen) atoms. The van der Waals surface area contributed by atoms with Crippen LogP contribution in [0.3, 0.4) is 0 Å². The topological polar surface area (TPSA) is 80.8 Å². The summed E-state index contributed by atoms with van der Waals surface area (Å²) in [7, 11) is 2.63. The predicted molar refractivity (Wildman–Crippen MR) is 69.5 cm³/mol. The van der Waals surface area contributed by atoms with Crippen LogP contribution in [0.2, 0.25) is 0 Å². The summed E-state index contributed by atoms with van der Waals surface area (Å²) in [5.41, 5.74) is 0.982. The van der Waals surface area contributed by atoms with E-state index in [9.17, 15) is 19.5 Å². The van der Waals surface area contributed by atoms with Gasteiger partial charge in [0, 0.05) is 14.1 Å². The fourth-order valence-electron chi connectivity index (χ4n) is 1.90. The van der Waals surface area contributed by atoms with E-state index < -0.39 is 17.8 Å². The van der Waals surface area contributed by atoms with Crippen molar-refractivity contribution in [2.45, 2.75) is 6.92 Å². The molecule has 1 heterocycles. The van der Waals surface area contributed by atoms with E-state index in [-0.39, 0.29) is 11.3 Å². The van der Waals surface area contributed by atoms with Crippen molar-refractivity contribution >= 4 is 23.9 Å². The molecular formula is C14H13N2O4-. The van der Waals surface area contributed by atoms with E-state index in [2.05, 4.69) is 0 Å². The molecule has 4 amide bonds. The highest BCUT2D eigenvalue weighted by atomic mass is 16.3. The Labute approximate surface area is 115 Å². The highest BCUT2D eigenvalue weighted by Crippen LogP contribution is 2.20. The number of nitrogens with zero attached hydrogens (tertiary/aromatic N) is 2. The summed E-state index contributed by atoms with van der Waals surface area (Å²) in [5, 5.41) is 11.3. The number of urea groups is 1. The number of hydrogen-bond donors (Lipinski definition) is 0. The van der Waals surface area contributed by atoms with Crippen LogP contribution in [0, 0.1) is 6.92 Å². The van der Waals surface area contributed by atoms with Crippen LogP contribution in [0.4, 0.5) is 4.79 Å². The molecule has 0 N–H and O–H groups in total. The number of amides is 4. The van der Waals surface area contributed by atoms with Gasteiger partial charge in [-0.1, -0.05) is 23.8 Å². The lowest BCUT2D eigenvalue weighted by atomic mass is 10.0. The number of hydrogen-bond acceptors (Lipinski definition) is 4. The van der Waals surface area contributed by atoms with Crippen molar-refractivity contribution in [3.8, 4) is 5.75 Å². The Bertz CT molecular complexity index is 623. The molecule has 0 radical (unpaired) electrons. The van der Waals surface area contributed by atoms with Crippen molar-refractivity contribution in [2.75, 3.05) is 14.1 Å². The number of likely N-dealkylation sites (N-methyl/N-ethyl adjacent to an activating group) is 2. The fourth-order valence-corrected chi connectivity index (χ4v) is 1.90. The average molecular weight is 273 g/mol. The average Bonchev–Trinajstić information content (AvgIpc) is 2.43. The van der Waals surface area contributed by atoms with E-state index in [0.717, 1.165) is 9.80 Å². The van der Waals surface area contributed by atoms with Crippen molar-refractivity contribution in [3.05, 3.63) is 34.9 Å². The second kappa shape index (κ2) is 4.80. The minimum Gasteiger partial charge on any atom is -0.872 e. The molecular weight excluding hydrogens is 260 g/mol. The van der Waals surface area contributed by atoms with Crippen molar-refractivity contribution < 1.29 is 19.5 Å². The zero-order chi connectivity index (χ0) is 15.0. The van der Waals surface area contributed by atoms with Crippen LogP contribution >= 0.6 is 0 Å². The lowest BCUT2D eigenvalue weighted by Crippen LogP contribution is -2.52. The Morgan fingerprint density at radius 1 is 1.05 bits per heavy atom. The third-order valence-corrected chi connectivity index (χ3v) is 3.15. The van der Waals surface area contributed by atoms with Crippen molar-refractivity contribution in [1.82, 2.24) is 9.80 Å². The molecule has 0 atom stereocenters. The second-order valence-corrected chi connectivity index (χ2v) is 4.59. The van der Waals surface area contributed by atoms with Crippen LogP contribution < -0.4 is 5.11 Å². The molecule has 1 saturated heterocycles. The first-order valence-corrected chi connectivity index (χ1v) is 5.92. The summed E-state index contributed by atoms with van der Waals surface area (Å²) in [6.45, 7) is 1.65. The molecule has 6 heteroatoms.